The SMILES string of the molecule is O=S(=O)(Nc1cc(Cl)ccc1-n1cncn1)c1ccc(Cl)c(Cl)c1. The lowest BCUT2D eigenvalue weighted by Gasteiger charge is -2.13. The molecule has 0 saturated carbocycles. The van der Waals surface area contributed by atoms with E-state index in [2.05, 4.69) is 14.8 Å². The smallest absolute Gasteiger partial charge is 0.262 e. The van der Waals surface area contributed by atoms with Gasteiger partial charge in [-0.2, -0.15) is 5.10 Å². The van der Waals surface area contributed by atoms with Crippen molar-refractivity contribution in [1.82, 2.24) is 14.8 Å². The first kappa shape index (κ1) is 17.0. The number of aromatic nitrogens is 3. The summed E-state index contributed by atoms with van der Waals surface area (Å²) in [6, 6.07) is 8.77. The van der Waals surface area contributed by atoms with E-state index in [0.717, 1.165) is 0 Å². The standard InChI is InChI=1S/C14H9Cl3N4O2S/c15-9-1-4-14(21-8-18-7-19-21)13(5-9)20-24(22,23)10-2-3-11(16)12(17)6-10/h1-8,20H. The van der Waals surface area contributed by atoms with Gasteiger partial charge in [-0.25, -0.2) is 18.1 Å². The molecular formula is C14H9Cl3N4O2S. The first-order chi connectivity index (χ1) is 11.4. The van der Waals surface area contributed by atoms with Crippen LogP contribution in [0.5, 0.6) is 0 Å². The fourth-order valence-electron chi connectivity index (χ4n) is 1.97. The van der Waals surface area contributed by atoms with Crippen LogP contribution in [0.25, 0.3) is 5.69 Å². The number of hydrogen-bond donors (Lipinski definition) is 1. The first-order valence-electron chi connectivity index (χ1n) is 6.49. The molecule has 0 aliphatic rings. The molecule has 3 aromatic rings. The van der Waals surface area contributed by atoms with Crippen LogP contribution in [0.15, 0.2) is 53.9 Å². The minimum atomic E-state index is -3.90. The molecule has 3 rings (SSSR count). The third-order valence-electron chi connectivity index (χ3n) is 3.07. The second-order valence-corrected chi connectivity index (χ2v) is 7.62. The second kappa shape index (κ2) is 6.60. The van der Waals surface area contributed by atoms with Gasteiger partial charge in [-0.3, -0.25) is 4.72 Å². The normalized spacial score (nSPS) is 11.5. The summed E-state index contributed by atoms with van der Waals surface area (Å²) < 4.78 is 29.1. The summed E-state index contributed by atoms with van der Waals surface area (Å²) in [4.78, 5) is 3.82. The molecular weight excluding hydrogens is 395 g/mol. The highest BCUT2D eigenvalue weighted by Gasteiger charge is 2.18. The maximum Gasteiger partial charge on any atom is 0.262 e. The fraction of sp³-hybridized carbons (Fsp3) is 0. The molecule has 2 aromatic carbocycles. The van der Waals surface area contributed by atoms with Crippen LogP contribution in [0, 0.1) is 0 Å². The molecule has 0 aliphatic heterocycles. The lowest BCUT2D eigenvalue weighted by molar-refractivity contribution is 0.601. The zero-order valence-electron chi connectivity index (χ0n) is 11.8. The van der Waals surface area contributed by atoms with Crippen LogP contribution in [0.1, 0.15) is 0 Å². The topological polar surface area (TPSA) is 76.9 Å². The largest absolute Gasteiger partial charge is 0.277 e. The van der Waals surface area contributed by atoms with Crippen molar-refractivity contribution in [2.24, 2.45) is 0 Å². The molecule has 1 N–H and O–H groups in total. The second-order valence-electron chi connectivity index (χ2n) is 4.68. The summed E-state index contributed by atoms with van der Waals surface area (Å²) in [6.07, 6.45) is 2.78. The summed E-state index contributed by atoms with van der Waals surface area (Å²) in [6.45, 7) is 0. The van der Waals surface area contributed by atoms with E-state index in [1.807, 2.05) is 0 Å². The predicted octanol–water partition coefficient (Wildman–Crippen LogP) is 4.03. The Balaban J connectivity index is 2.04. The number of rotatable bonds is 4. The van der Waals surface area contributed by atoms with Gasteiger partial charge in [0, 0.05) is 5.02 Å². The molecule has 10 heteroatoms. The third-order valence-corrected chi connectivity index (χ3v) is 5.41. The summed E-state index contributed by atoms with van der Waals surface area (Å²) in [7, 11) is -3.90. The summed E-state index contributed by atoms with van der Waals surface area (Å²) in [5.41, 5.74) is 0.722. The van der Waals surface area contributed by atoms with Crippen molar-refractivity contribution in [3.05, 3.63) is 64.1 Å². The molecule has 0 bridgehead atoms. The van der Waals surface area contributed by atoms with Gasteiger partial charge in [0.25, 0.3) is 10.0 Å². The average Bonchev–Trinajstić information content (AvgIpc) is 3.03. The van der Waals surface area contributed by atoms with E-state index in [-0.39, 0.29) is 20.6 Å². The maximum absolute atomic E-state index is 12.6. The maximum atomic E-state index is 12.6. The average molecular weight is 404 g/mol. The summed E-state index contributed by atoms with van der Waals surface area (Å²) in [5.74, 6) is 0. The molecule has 0 aliphatic carbocycles. The molecule has 6 nitrogen and oxygen atoms in total. The number of anilines is 1. The third kappa shape index (κ3) is 3.49. The Hall–Kier alpha value is -1.80. The molecule has 24 heavy (non-hydrogen) atoms. The highest BCUT2D eigenvalue weighted by molar-refractivity contribution is 7.92. The van der Waals surface area contributed by atoms with Crippen molar-refractivity contribution in [1.29, 1.82) is 0 Å². The van der Waals surface area contributed by atoms with Gasteiger partial charge in [-0.15, -0.1) is 0 Å². The number of halogens is 3. The van der Waals surface area contributed by atoms with Crippen molar-refractivity contribution >= 4 is 50.5 Å². The Morgan fingerprint density at radius 1 is 1.00 bits per heavy atom. The Morgan fingerprint density at radius 3 is 2.46 bits per heavy atom. The van der Waals surface area contributed by atoms with Gasteiger partial charge in [-0.05, 0) is 36.4 Å². The van der Waals surface area contributed by atoms with Crippen LogP contribution in [-0.4, -0.2) is 23.2 Å². The Labute approximate surface area is 153 Å². The Kier molecular flexibility index (Phi) is 4.69. The summed E-state index contributed by atoms with van der Waals surface area (Å²) >= 11 is 17.7. The van der Waals surface area contributed by atoms with Gasteiger partial charge in [0.2, 0.25) is 0 Å². The number of nitrogens with zero attached hydrogens (tertiary/aromatic N) is 3. The quantitative estimate of drug-likeness (QED) is 0.713. The molecule has 1 aromatic heterocycles. The fourth-order valence-corrected chi connectivity index (χ4v) is 3.60. The molecule has 0 fully saturated rings. The van der Waals surface area contributed by atoms with Crippen LogP contribution < -0.4 is 4.72 Å². The number of benzene rings is 2. The molecule has 0 amide bonds. The monoisotopic (exact) mass is 402 g/mol. The van der Waals surface area contributed by atoms with Crippen LogP contribution in [0.3, 0.4) is 0 Å². The highest BCUT2D eigenvalue weighted by Crippen LogP contribution is 2.29. The van der Waals surface area contributed by atoms with Crippen molar-refractivity contribution in [3.63, 3.8) is 0 Å². The minimum absolute atomic E-state index is 0.0265. The van der Waals surface area contributed by atoms with Crippen molar-refractivity contribution in [3.8, 4) is 5.69 Å². The van der Waals surface area contributed by atoms with Gasteiger partial charge in [0.15, 0.2) is 0 Å². The molecule has 0 saturated heterocycles. The molecule has 0 unspecified atom stereocenters. The highest BCUT2D eigenvalue weighted by atomic mass is 35.5. The summed E-state index contributed by atoms with van der Waals surface area (Å²) in [5, 5.41) is 4.77. The van der Waals surface area contributed by atoms with Gasteiger partial charge < -0.3 is 0 Å². The number of hydrogen-bond acceptors (Lipinski definition) is 4. The van der Waals surface area contributed by atoms with E-state index < -0.39 is 10.0 Å². The van der Waals surface area contributed by atoms with E-state index in [1.54, 1.807) is 12.1 Å². The van der Waals surface area contributed by atoms with Crippen molar-refractivity contribution in [2.75, 3.05) is 4.72 Å². The van der Waals surface area contributed by atoms with E-state index in [1.165, 1.54) is 41.6 Å². The lowest BCUT2D eigenvalue weighted by atomic mass is 10.3. The van der Waals surface area contributed by atoms with E-state index >= 15 is 0 Å². The van der Waals surface area contributed by atoms with Crippen LogP contribution >= 0.6 is 34.8 Å². The van der Waals surface area contributed by atoms with Crippen molar-refractivity contribution < 1.29 is 8.42 Å². The van der Waals surface area contributed by atoms with Crippen LogP contribution in [-0.2, 0) is 10.0 Å². The molecule has 1 heterocycles. The number of nitrogens with one attached hydrogen (secondary N) is 1. The van der Waals surface area contributed by atoms with Gasteiger partial charge in [0.1, 0.15) is 12.7 Å². The molecule has 0 radical (unpaired) electrons. The van der Waals surface area contributed by atoms with Gasteiger partial charge in [-0.1, -0.05) is 34.8 Å². The lowest BCUT2D eigenvalue weighted by Crippen LogP contribution is -2.15. The van der Waals surface area contributed by atoms with Crippen LogP contribution in [0.2, 0.25) is 15.1 Å². The number of sulfonamides is 1. The molecule has 0 atom stereocenters. The predicted molar refractivity (Wildman–Crippen MR) is 93.6 cm³/mol. The molecule has 124 valence electrons. The Bertz CT molecular complexity index is 991. The van der Waals surface area contributed by atoms with E-state index in [0.29, 0.717) is 10.7 Å². The Morgan fingerprint density at radius 2 is 1.79 bits per heavy atom. The molecule has 0 spiro atoms. The van der Waals surface area contributed by atoms with Crippen LogP contribution in [0.4, 0.5) is 5.69 Å². The van der Waals surface area contributed by atoms with E-state index in [4.69, 9.17) is 34.8 Å². The van der Waals surface area contributed by atoms with Crippen molar-refractivity contribution in [2.45, 2.75) is 4.90 Å². The zero-order chi connectivity index (χ0) is 17.3. The van der Waals surface area contributed by atoms with E-state index in [9.17, 15) is 8.42 Å². The minimum Gasteiger partial charge on any atom is -0.277 e. The first-order valence-corrected chi connectivity index (χ1v) is 9.11. The zero-order valence-corrected chi connectivity index (χ0v) is 14.9. The van der Waals surface area contributed by atoms with Gasteiger partial charge in [0.05, 0.1) is 26.3 Å². The van der Waals surface area contributed by atoms with Gasteiger partial charge >= 0.3 is 0 Å².